The van der Waals surface area contributed by atoms with Crippen LogP contribution in [0.15, 0.2) is 22.7 Å². The Morgan fingerprint density at radius 1 is 1.33 bits per heavy atom. The predicted octanol–water partition coefficient (Wildman–Crippen LogP) is 4.03. The van der Waals surface area contributed by atoms with E-state index in [0.29, 0.717) is 16.6 Å². The number of rotatable bonds is 2. The second-order valence-electron chi connectivity index (χ2n) is 6.44. The Hall–Kier alpha value is -0.590. The Kier molecular flexibility index (Phi) is 4.71. The Bertz CT molecular complexity index is 514. The summed E-state index contributed by atoms with van der Waals surface area (Å²) in [6.07, 6.45) is -3.45. The maximum absolute atomic E-state index is 12.8. The monoisotopic (exact) mass is 364 g/mol. The summed E-state index contributed by atoms with van der Waals surface area (Å²) in [6, 6.07) is 4.23. The van der Waals surface area contributed by atoms with Crippen LogP contribution in [-0.4, -0.2) is 24.0 Å². The van der Waals surface area contributed by atoms with Gasteiger partial charge in [0.15, 0.2) is 0 Å². The van der Waals surface area contributed by atoms with Crippen LogP contribution in [0.25, 0.3) is 0 Å². The van der Waals surface area contributed by atoms with Crippen molar-refractivity contribution in [3.8, 4) is 0 Å². The number of halogens is 4. The van der Waals surface area contributed by atoms with Crippen LogP contribution in [0.2, 0.25) is 0 Å². The van der Waals surface area contributed by atoms with Crippen molar-refractivity contribution in [3.05, 3.63) is 33.8 Å². The van der Waals surface area contributed by atoms with E-state index in [-0.39, 0.29) is 11.5 Å². The molecule has 1 atom stereocenters. The first kappa shape index (κ1) is 16.8. The average molecular weight is 365 g/mol. The third kappa shape index (κ3) is 4.20. The maximum atomic E-state index is 12.8. The molecule has 1 saturated heterocycles. The standard InChI is InChI=1S/C15H20BrF3N2/c1-14(2)9-21(4-3-13(14)20)8-10-5-11(15(17,18)19)7-12(16)6-10/h5-7,13H,3-4,8-9,20H2,1-2H3. The van der Waals surface area contributed by atoms with Gasteiger partial charge in [-0.25, -0.2) is 0 Å². The predicted molar refractivity (Wildman–Crippen MR) is 80.8 cm³/mol. The highest BCUT2D eigenvalue weighted by Gasteiger charge is 2.34. The number of hydrogen-bond donors (Lipinski definition) is 1. The number of hydrogen-bond acceptors (Lipinski definition) is 2. The van der Waals surface area contributed by atoms with Gasteiger partial charge in [0, 0.05) is 30.1 Å². The molecular formula is C15H20BrF3N2. The van der Waals surface area contributed by atoms with E-state index in [1.54, 1.807) is 6.07 Å². The number of likely N-dealkylation sites (tertiary alicyclic amines) is 1. The molecule has 1 fully saturated rings. The second kappa shape index (κ2) is 5.89. The van der Waals surface area contributed by atoms with Crippen molar-refractivity contribution in [1.29, 1.82) is 0 Å². The highest BCUT2D eigenvalue weighted by molar-refractivity contribution is 9.10. The lowest BCUT2D eigenvalue weighted by molar-refractivity contribution is -0.137. The Morgan fingerprint density at radius 3 is 2.57 bits per heavy atom. The van der Waals surface area contributed by atoms with Crippen LogP contribution in [0.3, 0.4) is 0 Å². The molecule has 1 aliphatic heterocycles. The summed E-state index contributed by atoms with van der Waals surface area (Å²) in [7, 11) is 0. The fourth-order valence-corrected chi connectivity index (χ4v) is 3.32. The number of nitrogens with zero attached hydrogens (tertiary/aromatic N) is 1. The summed E-state index contributed by atoms with van der Waals surface area (Å²) >= 11 is 3.16. The SMILES string of the molecule is CC1(C)CN(Cc2cc(Br)cc(C(F)(F)F)c2)CCC1N. The lowest BCUT2D eigenvalue weighted by Crippen LogP contribution is -2.52. The average Bonchev–Trinajstić information content (AvgIpc) is 2.32. The molecule has 118 valence electrons. The molecule has 2 N–H and O–H groups in total. The van der Waals surface area contributed by atoms with Crippen molar-refractivity contribution in [3.63, 3.8) is 0 Å². The van der Waals surface area contributed by atoms with Gasteiger partial charge in [-0.2, -0.15) is 13.2 Å². The molecule has 0 saturated carbocycles. The summed E-state index contributed by atoms with van der Waals surface area (Å²) in [5.74, 6) is 0. The molecule has 1 heterocycles. The molecule has 0 aromatic heterocycles. The Balaban J connectivity index is 2.15. The molecule has 6 heteroatoms. The normalized spacial score (nSPS) is 23.3. The van der Waals surface area contributed by atoms with E-state index in [2.05, 4.69) is 34.7 Å². The minimum atomic E-state index is -4.32. The zero-order chi connectivity index (χ0) is 15.8. The molecule has 0 amide bonds. The van der Waals surface area contributed by atoms with Gasteiger partial charge in [0.05, 0.1) is 5.56 Å². The van der Waals surface area contributed by atoms with E-state index in [1.165, 1.54) is 6.07 Å². The largest absolute Gasteiger partial charge is 0.416 e. The number of piperidine rings is 1. The Morgan fingerprint density at radius 2 is 2.00 bits per heavy atom. The molecule has 2 nitrogen and oxygen atoms in total. The van der Waals surface area contributed by atoms with E-state index in [4.69, 9.17) is 5.73 Å². The van der Waals surface area contributed by atoms with Crippen molar-refractivity contribution < 1.29 is 13.2 Å². The van der Waals surface area contributed by atoms with E-state index in [1.807, 2.05) is 0 Å². The summed E-state index contributed by atoms with van der Waals surface area (Å²) in [4.78, 5) is 2.17. The molecule has 1 aromatic carbocycles. The highest BCUT2D eigenvalue weighted by atomic mass is 79.9. The van der Waals surface area contributed by atoms with E-state index in [0.717, 1.165) is 25.6 Å². The number of nitrogens with two attached hydrogens (primary N) is 1. The topological polar surface area (TPSA) is 29.3 Å². The summed E-state index contributed by atoms with van der Waals surface area (Å²) in [5, 5.41) is 0. The van der Waals surface area contributed by atoms with Crippen molar-refractivity contribution >= 4 is 15.9 Å². The summed E-state index contributed by atoms with van der Waals surface area (Å²) < 4.78 is 39.0. The van der Waals surface area contributed by atoms with Crippen LogP contribution in [0, 0.1) is 5.41 Å². The molecule has 1 unspecified atom stereocenters. The molecule has 0 bridgehead atoms. The van der Waals surface area contributed by atoms with Gasteiger partial charge in [-0.3, -0.25) is 4.90 Å². The molecule has 0 radical (unpaired) electrons. The van der Waals surface area contributed by atoms with Gasteiger partial charge in [0.2, 0.25) is 0 Å². The van der Waals surface area contributed by atoms with Crippen molar-refractivity contribution in [2.45, 2.75) is 39.0 Å². The minimum absolute atomic E-state index is 0.0167. The first-order valence-electron chi connectivity index (χ1n) is 6.92. The lowest BCUT2D eigenvalue weighted by atomic mass is 9.79. The van der Waals surface area contributed by atoms with Gasteiger partial charge < -0.3 is 5.73 Å². The number of benzene rings is 1. The first-order valence-corrected chi connectivity index (χ1v) is 7.72. The lowest BCUT2D eigenvalue weighted by Gasteiger charge is -2.42. The van der Waals surface area contributed by atoms with Crippen molar-refractivity contribution in [2.75, 3.05) is 13.1 Å². The molecule has 0 aliphatic carbocycles. The number of alkyl halides is 3. The van der Waals surface area contributed by atoms with Crippen LogP contribution in [-0.2, 0) is 12.7 Å². The van der Waals surface area contributed by atoms with Crippen LogP contribution in [0.4, 0.5) is 13.2 Å². The third-order valence-corrected chi connectivity index (χ3v) is 4.54. The van der Waals surface area contributed by atoms with Gasteiger partial charge in [-0.05, 0) is 35.6 Å². The second-order valence-corrected chi connectivity index (χ2v) is 7.36. The quantitative estimate of drug-likeness (QED) is 0.858. The third-order valence-electron chi connectivity index (χ3n) is 4.08. The molecule has 0 spiro atoms. The van der Waals surface area contributed by atoms with Crippen LogP contribution >= 0.6 is 15.9 Å². The molecule has 2 rings (SSSR count). The fourth-order valence-electron chi connectivity index (χ4n) is 2.78. The minimum Gasteiger partial charge on any atom is -0.327 e. The van der Waals surface area contributed by atoms with E-state index < -0.39 is 11.7 Å². The van der Waals surface area contributed by atoms with Crippen LogP contribution in [0.1, 0.15) is 31.4 Å². The van der Waals surface area contributed by atoms with Gasteiger partial charge in [0.1, 0.15) is 0 Å². The van der Waals surface area contributed by atoms with E-state index >= 15 is 0 Å². The highest BCUT2D eigenvalue weighted by Crippen LogP contribution is 2.33. The van der Waals surface area contributed by atoms with Gasteiger partial charge in [-0.1, -0.05) is 29.8 Å². The van der Waals surface area contributed by atoms with Crippen LogP contribution in [0.5, 0.6) is 0 Å². The van der Waals surface area contributed by atoms with Gasteiger partial charge >= 0.3 is 6.18 Å². The fraction of sp³-hybridized carbons (Fsp3) is 0.600. The van der Waals surface area contributed by atoms with Gasteiger partial charge in [-0.15, -0.1) is 0 Å². The molecule has 1 aliphatic rings. The summed E-state index contributed by atoms with van der Waals surface area (Å²) in [5.41, 5.74) is 6.13. The molecular weight excluding hydrogens is 345 g/mol. The van der Waals surface area contributed by atoms with Gasteiger partial charge in [0.25, 0.3) is 0 Å². The van der Waals surface area contributed by atoms with Crippen LogP contribution < -0.4 is 5.73 Å². The van der Waals surface area contributed by atoms with Crippen molar-refractivity contribution in [1.82, 2.24) is 4.90 Å². The maximum Gasteiger partial charge on any atom is 0.416 e. The molecule has 1 aromatic rings. The zero-order valence-corrected chi connectivity index (χ0v) is 13.8. The molecule has 21 heavy (non-hydrogen) atoms. The Labute approximate surface area is 131 Å². The first-order chi connectivity index (χ1) is 9.58. The summed E-state index contributed by atoms with van der Waals surface area (Å²) in [6.45, 7) is 6.33. The zero-order valence-electron chi connectivity index (χ0n) is 12.2. The van der Waals surface area contributed by atoms with E-state index in [9.17, 15) is 13.2 Å². The van der Waals surface area contributed by atoms with Crippen molar-refractivity contribution in [2.24, 2.45) is 11.1 Å². The smallest absolute Gasteiger partial charge is 0.327 e.